The van der Waals surface area contributed by atoms with Gasteiger partial charge in [0.25, 0.3) is 0 Å². The van der Waals surface area contributed by atoms with Crippen LogP contribution in [0.25, 0.3) is 0 Å². The number of nitrogens with zero attached hydrogens (tertiary/aromatic N) is 1. The highest BCUT2D eigenvalue weighted by molar-refractivity contribution is 5.67. The summed E-state index contributed by atoms with van der Waals surface area (Å²) in [6.45, 7) is 1.75. The second-order valence-corrected chi connectivity index (χ2v) is 5.65. The summed E-state index contributed by atoms with van der Waals surface area (Å²) < 4.78 is 26.3. The fraction of sp³-hybridized carbons (Fsp3) is 0.562. The summed E-state index contributed by atoms with van der Waals surface area (Å²) in [7, 11) is 0. The lowest BCUT2D eigenvalue weighted by Crippen LogP contribution is -2.39. The molecule has 1 atom stereocenters. The first-order chi connectivity index (χ1) is 10.1. The van der Waals surface area contributed by atoms with Gasteiger partial charge in [0.15, 0.2) is 11.6 Å². The molecular weight excluding hydrogens is 276 g/mol. The molecular formula is C16H21F2NO2. The van der Waals surface area contributed by atoms with Gasteiger partial charge in [0.05, 0.1) is 6.42 Å². The second-order valence-electron chi connectivity index (χ2n) is 5.65. The van der Waals surface area contributed by atoms with Crippen LogP contribution in [0.4, 0.5) is 8.78 Å². The van der Waals surface area contributed by atoms with E-state index in [1.54, 1.807) is 0 Å². The van der Waals surface area contributed by atoms with Crippen molar-refractivity contribution in [2.75, 3.05) is 13.1 Å². The maximum absolute atomic E-state index is 13.3. The van der Waals surface area contributed by atoms with Crippen molar-refractivity contribution in [1.82, 2.24) is 4.90 Å². The SMILES string of the molecule is O=C(O)CC(Cc1ccc(F)c(F)c1)N1CCCCCC1. The first-order valence-electron chi connectivity index (χ1n) is 7.46. The lowest BCUT2D eigenvalue weighted by atomic mass is 10.0. The lowest BCUT2D eigenvalue weighted by molar-refractivity contribution is -0.138. The lowest BCUT2D eigenvalue weighted by Gasteiger charge is -2.29. The van der Waals surface area contributed by atoms with Crippen LogP contribution in [0.2, 0.25) is 0 Å². The highest BCUT2D eigenvalue weighted by Crippen LogP contribution is 2.19. The quantitative estimate of drug-likeness (QED) is 0.907. The van der Waals surface area contributed by atoms with Crippen LogP contribution in [0.3, 0.4) is 0 Å². The molecule has 0 saturated carbocycles. The molecule has 1 unspecified atom stereocenters. The van der Waals surface area contributed by atoms with Crippen molar-refractivity contribution < 1.29 is 18.7 Å². The Morgan fingerprint density at radius 1 is 1.14 bits per heavy atom. The Labute approximate surface area is 123 Å². The van der Waals surface area contributed by atoms with E-state index in [2.05, 4.69) is 4.90 Å². The molecule has 1 aliphatic heterocycles. The van der Waals surface area contributed by atoms with Crippen molar-refractivity contribution in [3.8, 4) is 0 Å². The largest absolute Gasteiger partial charge is 0.481 e. The van der Waals surface area contributed by atoms with Crippen LogP contribution in [-0.4, -0.2) is 35.1 Å². The minimum absolute atomic E-state index is 0.0268. The molecule has 1 fully saturated rings. The summed E-state index contributed by atoms with van der Waals surface area (Å²) in [6.07, 6.45) is 4.92. The topological polar surface area (TPSA) is 40.5 Å². The molecule has 1 saturated heterocycles. The molecule has 5 heteroatoms. The molecule has 1 N–H and O–H groups in total. The van der Waals surface area contributed by atoms with E-state index >= 15 is 0 Å². The van der Waals surface area contributed by atoms with Crippen molar-refractivity contribution in [1.29, 1.82) is 0 Å². The molecule has 3 nitrogen and oxygen atoms in total. The molecule has 1 aromatic rings. The standard InChI is InChI=1S/C16H21F2NO2/c17-14-6-5-12(10-15(14)18)9-13(11-16(20)21)19-7-3-1-2-4-8-19/h5-6,10,13H,1-4,7-9,11H2,(H,20,21). The van der Waals surface area contributed by atoms with Gasteiger partial charge >= 0.3 is 5.97 Å². The monoisotopic (exact) mass is 297 g/mol. The number of carboxylic acids is 1. The van der Waals surface area contributed by atoms with E-state index in [4.69, 9.17) is 5.11 Å². The van der Waals surface area contributed by atoms with E-state index in [0.717, 1.165) is 32.0 Å². The number of benzene rings is 1. The number of rotatable bonds is 5. The summed E-state index contributed by atoms with van der Waals surface area (Å²) in [4.78, 5) is 13.3. The van der Waals surface area contributed by atoms with Gasteiger partial charge in [-0.25, -0.2) is 8.78 Å². The van der Waals surface area contributed by atoms with Gasteiger partial charge in [-0.05, 0) is 50.0 Å². The van der Waals surface area contributed by atoms with Crippen molar-refractivity contribution in [3.05, 3.63) is 35.4 Å². The Bertz CT molecular complexity index is 485. The van der Waals surface area contributed by atoms with Crippen LogP contribution in [-0.2, 0) is 11.2 Å². The molecule has 0 aliphatic carbocycles. The molecule has 0 spiro atoms. The van der Waals surface area contributed by atoms with E-state index in [1.165, 1.54) is 25.0 Å². The number of hydrogen-bond acceptors (Lipinski definition) is 2. The Hall–Kier alpha value is -1.49. The third-order valence-electron chi connectivity index (χ3n) is 4.02. The van der Waals surface area contributed by atoms with Crippen LogP contribution < -0.4 is 0 Å². The van der Waals surface area contributed by atoms with Crippen molar-refractivity contribution in [3.63, 3.8) is 0 Å². The molecule has 1 aromatic carbocycles. The van der Waals surface area contributed by atoms with Gasteiger partial charge in [-0.2, -0.15) is 0 Å². The highest BCUT2D eigenvalue weighted by atomic mass is 19.2. The smallest absolute Gasteiger partial charge is 0.304 e. The number of likely N-dealkylation sites (tertiary alicyclic amines) is 1. The fourth-order valence-corrected chi connectivity index (χ4v) is 2.93. The minimum atomic E-state index is -0.877. The van der Waals surface area contributed by atoms with Gasteiger partial charge in [-0.3, -0.25) is 9.69 Å². The van der Waals surface area contributed by atoms with Crippen LogP contribution in [0.5, 0.6) is 0 Å². The van der Waals surface area contributed by atoms with Gasteiger partial charge in [-0.1, -0.05) is 18.9 Å². The molecule has 0 amide bonds. The Morgan fingerprint density at radius 2 is 1.81 bits per heavy atom. The average molecular weight is 297 g/mol. The zero-order chi connectivity index (χ0) is 15.2. The number of halogens is 2. The molecule has 1 heterocycles. The van der Waals surface area contributed by atoms with Crippen LogP contribution in [0, 0.1) is 11.6 Å². The number of carboxylic acid groups (broad SMARTS) is 1. The zero-order valence-corrected chi connectivity index (χ0v) is 12.0. The van der Waals surface area contributed by atoms with Crippen LogP contribution in [0.1, 0.15) is 37.7 Å². The minimum Gasteiger partial charge on any atom is -0.481 e. The Balaban J connectivity index is 2.10. The summed E-state index contributed by atoms with van der Waals surface area (Å²) >= 11 is 0. The Kier molecular flexibility index (Phi) is 5.67. The summed E-state index contributed by atoms with van der Waals surface area (Å²) in [5.41, 5.74) is 0.643. The summed E-state index contributed by atoms with van der Waals surface area (Å²) in [5, 5.41) is 9.10. The van der Waals surface area contributed by atoms with E-state index in [-0.39, 0.29) is 12.5 Å². The van der Waals surface area contributed by atoms with E-state index in [0.29, 0.717) is 12.0 Å². The Morgan fingerprint density at radius 3 is 2.38 bits per heavy atom. The molecule has 116 valence electrons. The molecule has 2 rings (SSSR count). The normalized spacial score (nSPS) is 18.2. The predicted molar refractivity (Wildman–Crippen MR) is 76.1 cm³/mol. The summed E-state index contributed by atoms with van der Waals surface area (Å²) in [5.74, 6) is -2.60. The number of hydrogen-bond donors (Lipinski definition) is 1. The van der Waals surface area contributed by atoms with Crippen LogP contribution in [0.15, 0.2) is 18.2 Å². The molecule has 0 aromatic heterocycles. The zero-order valence-electron chi connectivity index (χ0n) is 12.0. The van der Waals surface area contributed by atoms with Gasteiger partial charge in [-0.15, -0.1) is 0 Å². The van der Waals surface area contributed by atoms with Gasteiger partial charge in [0.1, 0.15) is 0 Å². The average Bonchev–Trinajstić information content (AvgIpc) is 2.70. The first kappa shape index (κ1) is 15.9. The van der Waals surface area contributed by atoms with Gasteiger partial charge in [0, 0.05) is 6.04 Å². The van der Waals surface area contributed by atoms with Crippen molar-refractivity contribution >= 4 is 5.97 Å². The van der Waals surface area contributed by atoms with Crippen molar-refractivity contribution in [2.24, 2.45) is 0 Å². The second kappa shape index (κ2) is 7.50. The van der Waals surface area contributed by atoms with E-state index < -0.39 is 17.6 Å². The van der Waals surface area contributed by atoms with Gasteiger partial charge < -0.3 is 5.11 Å². The maximum Gasteiger partial charge on any atom is 0.304 e. The third kappa shape index (κ3) is 4.77. The molecule has 1 aliphatic rings. The van der Waals surface area contributed by atoms with Crippen molar-refractivity contribution in [2.45, 2.75) is 44.6 Å². The van der Waals surface area contributed by atoms with E-state index in [1.807, 2.05) is 0 Å². The van der Waals surface area contributed by atoms with Gasteiger partial charge in [0.2, 0.25) is 0 Å². The molecule has 0 radical (unpaired) electrons. The number of carbonyl (C=O) groups is 1. The summed E-state index contributed by atoms with van der Waals surface area (Å²) in [6, 6.07) is 3.64. The third-order valence-corrected chi connectivity index (χ3v) is 4.02. The predicted octanol–water partition coefficient (Wildman–Crippen LogP) is 3.23. The fourth-order valence-electron chi connectivity index (χ4n) is 2.93. The molecule has 0 bridgehead atoms. The maximum atomic E-state index is 13.3. The molecule has 21 heavy (non-hydrogen) atoms. The van der Waals surface area contributed by atoms with E-state index in [9.17, 15) is 13.6 Å². The highest BCUT2D eigenvalue weighted by Gasteiger charge is 2.23. The number of aliphatic carboxylic acids is 1. The first-order valence-corrected chi connectivity index (χ1v) is 7.46. The van der Waals surface area contributed by atoms with Crippen LogP contribution >= 0.6 is 0 Å².